The van der Waals surface area contributed by atoms with Crippen molar-refractivity contribution in [2.75, 3.05) is 12.4 Å². The first kappa shape index (κ1) is 19.0. The van der Waals surface area contributed by atoms with Crippen molar-refractivity contribution >= 4 is 11.8 Å². The zero-order chi connectivity index (χ0) is 19.2. The second-order valence-electron chi connectivity index (χ2n) is 6.16. The molecule has 7 heteroatoms. The lowest BCUT2D eigenvalue weighted by Gasteiger charge is -2.11. The summed E-state index contributed by atoms with van der Waals surface area (Å²) >= 11 is 1.28. The molecule has 2 aromatic carbocycles. The first-order valence-electron chi connectivity index (χ1n) is 8.39. The Morgan fingerprint density at radius 1 is 1.15 bits per heavy atom. The Bertz CT molecular complexity index is 928. The van der Waals surface area contributed by atoms with Gasteiger partial charge in [-0.3, -0.25) is 0 Å². The lowest BCUT2D eigenvalue weighted by Crippen LogP contribution is -2.20. The summed E-state index contributed by atoms with van der Waals surface area (Å²) in [5, 5.41) is 27.4. The summed E-state index contributed by atoms with van der Waals surface area (Å²) in [6.45, 7) is 4.18. The molecule has 3 rings (SSSR count). The number of rotatable bonds is 7. The van der Waals surface area contributed by atoms with E-state index in [0.717, 1.165) is 16.7 Å². The highest BCUT2D eigenvalue weighted by Crippen LogP contribution is 2.25. The lowest BCUT2D eigenvalue weighted by atomic mass is 10.1. The summed E-state index contributed by atoms with van der Waals surface area (Å²) in [6, 6.07) is 14.9. The first-order valence-corrected chi connectivity index (χ1v) is 9.38. The van der Waals surface area contributed by atoms with Crippen LogP contribution in [0.5, 0.6) is 5.75 Å². The second kappa shape index (κ2) is 8.71. The predicted octanol–water partition coefficient (Wildman–Crippen LogP) is 3.76. The van der Waals surface area contributed by atoms with Crippen LogP contribution in [0, 0.1) is 25.2 Å². The molecule has 0 aliphatic carbocycles. The van der Waals surface area contributed by atoms with Gasteiger partial charge in [0.05, 0.1) is 17.7 Å². The summed E-state index contributed by atoms with van der Waals surface area (Å²) in [6.07, 6.45) is -0.692. The number of benzene rings is 2. The Labute approximate surface area is 161 Å². The minimum absolute atomic E-state index is 0.136. The molecule has 27 heavy (non-hydrogen) atoms. The van der Waals surface area contributed by atoms with Gasteiger partial charge in [-0.15, -0.1) is 10.2 Å². The third-order valence-electron chi connectivity index (χ3n) is 3.70. The molecule has 1 N–H and O–H groups in total. The molecule has 1 unspecified atom stereocenters. The number of aromatic nitrogens is 2. The zero-order valence-corrected chi connectivity index (χ0v) is 15.9. The maximum Gasteiger partial charge on any atom is 0.276 e. The van der Waals surface area contributed by atoms with Gasteiger partial charge in [-0.1, -0.05) is 29.0 Å². The number of aliphatic hydroxyl groups excluding tert-OH is 1. The van der Waals surface area contributed by atoms with E-state index in [4.69, 9.17) is 14.4 Å². The molecule has 0 bridgehead atoms. The maximum absolute atomic E-state index is 10.1. The van der Waals surface area contributed by atoms with E-state index in [9.17, 15) is 5.11 Å². The third-order valence-corrected chi connectivity index (χ3v) is 4.66. The van der Waals surface area contributed by atoms with Crippen LogP contribution in [0.4, 0.5) is 0 Å². The molecule has 0 saturated carbocycles. The van der Waals surface area contributed by atoms with E-state index in [2.05, 4.69) is 16.3 Å². The molecule has 1 heterocycles. The summed E-state index contributed by atoms with van der Waals surface area (Å²) in [5.74, 6) is 1.44. The summed E-state index contributed by atoms with van der Waals surface area (Å²) in [7, 11) is 0. The van der Waals surface area contributed by atoms with Crippen LogP contribution in [0.2, 0.25) is 0 Å². The smallest absolute Gasteiger partial charge is 0.276 e. The SMILES string of the molecule is Cc1cc(C)cc(-c2nnc(SCC(O)COc3ccc(C#N)cc3)o2)c1. The lowest BCUT2D eigenvalue weighted by molar-refractivity contribution is 0.126. The average molecular weight is 381 g/mol. The number of thioether (sulfide) groups is 1. The molecule has 0 fully saturated rings. The maximum atomic E-state index is 10.1. The number of ether oxygens (including phenoxy) is 1. The summed E-state index contributed by atoms with van der Waals surface area (Å²) in [4.78, 5) is 0. The molecule has 0 saturated heterocycles. The van der Waals surface area contributed by atoms with Gasteiger partial charge in [0.25, 0.3) is 5.22 Å². The van der Waals surface area contributed by atoms with E-state index >= 15 is 0 Å². The van der Waals surface area contributed by atoms with Crippen molar-refractivity contribution in [3.05, 3.63) is 59.2 Å². The number of aryl methyl sites for hydroxylation is 2. The van der Waals surface area contributed by atoms with Crippen LogP contribution in [0.1, 0.15) is 16.7 Å². The summed E-state index contributed by atoms with van der Waals surface area (Å²) < 4.78 is 11.2. The number of aliphatic hydroxyl groups is 1. The highest BCUT2D eigenvalue weighted by atomic mass is 32.2. The molecule has 0 radical (unpaired) electrons. The van der Waals surface area contributed by atoms with E-state index < -0.39 is 6.10 Å². The molecule has 1 atom stereocenters. The highest BCUT2D eigenvalue weighted by Gasteiger charge is 2.13. The van der Waals surface area contributed by atoms with Crippen LogP contribution in [0.3, 0.4) is 0 Å². The van der Waals surface area contributed by atoms with Gasteiger partial charge in [0.15, 0.2) is 0 Å². The normalized spacial score (nSPS) is 11.8. The standard InChI is InChI=1S/C20H19N3O3S/c1-13-7-14(2)9-16(8-13)19-22-23-20(26-19)27-12-17(24)11-25-18-5-3-15(10-21)4-6-18/h3-9,17,24H,11-12H2,1-2H3. The molecule has 1 aromatic heterocycles. The van der Waals surface area contributed by atoms with Crippen LogP contribution in [0.15, 0.2) is 52.1 Å². The number of nitriles is 1. The molecule has 0 aliphatic rings. The van der Waals surface area contributed by atoms with E-state index in [0.29, 0.717) is 28.2 Å². The Hall–Kier alpha value is -2.82. The van der Waals surface area contributed by atoms with Crippen LogP contribution < -0.4 is 4.74 Å². The Morgan fingerprint density at radius 3 is 2.52 bits per heavy atom. The van der Waals surface area contributed by atoms with Gasteiger partial charge in [0, 0.05) is 11.3 Å². The third kappa shape index (κ3) is 5.33. The highest BCUT2D eigenvalue weighted by molar-refractivity contribution is 7.99. The van der Waals surface area contributed by atoms with Crippen LogP contribution in [-0.2, 0) is 0 Å². The molecule has 0 spiro atoms. The van der Waals surface area contributed by atoms with Gasteiger partial charge in [0.1, 0.15) is 12.4 Å². The van der Waals surface area contributed by atoms with Crippen LogP contribution in [-0.4, -0.2) is 33.8 Å². The van der Waals surface area contributed by atoms with Crippen molar-refractivity contribution in [1.29, 1.82) is 5.26 Å². The zero-order valence-electron chi connectivity index (χ0n) is 15.0. The monoisotopic (exact) mass is 381 g/mol. The molecule has 3 aromatic rings. The molecular weight excluding hydrogens is 362 g/mol. The largest absolute Gasteiger partial charge is 0.491 e. The topological polar surface area (TPSA) is 92.2 Å². The number of hydrogen-bond acceptors (Lipinski definition) is 7. The van der Waals surface area contributed by atoms with Gasteiger partial charge in [-0.05, 0) is 50.2 Å². The van der Waals surface area contributed by atoms with Crippen molar-refractivity contribution in [2.45, 2.75) is 25.2 Å². The first-order chi connectivity index (χ1) is 13.0. The van der Waals surface area contributed by atoms with Gasteiger partial charge in [-0.2, -0.15) is 5.26 Å². The number of nitrogens with zero attached hydrogens (tertiary/aromatic N) is 3. The van der Waals surface area contributed by atoms with E-state index in [1.165, 1.54) is 11.8 Å². The average Bonchev–Trinajstić information content (AvgIpc) is 3.13. The van der Waals surface area contributed by atoms with Gasteiger partial charge in [0.2, 0.25) is 5.89 Å². The Kier molecular flexibility index (Phi) is 6.12. The van der Waals surface area contributed by atoms with Gasteiger partial charge >= 0.3 is 0 Å². The van der Waals surface area contributed by atoms with E-state index in [-0.39, 0.29) is 6.61 Å². The fourth-order valence-electron chi connectivity index (χ4n) is 2.52. The molecule has 138 valence electrons. The van der Waals surface area contributed by atoms with Crippen LogP contribution >= 0.6 is 11.8 Å². The van der Waals surface area contributed by atoms with Gasteiger partial charge in [-0.25, -0.2) is 0 Å². The fraction of sp³-hybridized carbons (Fsp3) is 0.250. The number of hydrogen-bond donors (Lipinski definition) is 1. The van der Waals surface area contributed by atoms with E-state index in [1.807, 2.05) is 32.0 Å². The molecule has 0 aliphatic heterocycles. The van der Waals surface area contributed by atoms with Crippen molar-refractivity contribution in [3.8, 4) is 23.3 Å². The minimum atomic E-state index is -0.692. The summed E-state index contributed by atoms with van der Waals surface area (Å²) in [5.41, 5.74) is 3.71. The van der Waals surface area contributed by atoms with Crippen molar-refractivity contribution in [2.24, 2.45) is 0 Å². The van der Waals surface area contributed by atoms with Crippen LogP contribution in [0.25, 0.3) is 11.5 Å². The van der Waals surface area contributed by atoms with Gasteiger partial charge < -0.3 is 14.3 Å². The van der Waals surface area contributed by atoms with E-state index in [1.54, 1.807) is 24.3 Å². The predicted molar refractivity (Wildman–Crippen MR) is 103 cm³/mol. The van der Waals surface area contributed by atoms with Crippen molar-refractivity contribution < 1.29 is 14.3 Å². The van der Waals surface area contributed by atoms with Crippen molar-refractivity contribution in [1.82, 2.24) is 10.2 Å². The quantitative estimate of drug-likeness (QED) is 0.623. The fourth-order valence-corrected chi connectivity index (χ4v) is 3.18. The Balaban J connectivity index is 1.51. The second-order valence-corrected chi connectivity index (χ2v) is 7.13. The minimum Gasteiger partial charge on any atom is -0.491 e. The molecular formula is C20H19N3O3S. The Morgan fingerprint density at radius 2 is 1.85 bits per heavy atom. The molecule has 6 nitrogen and oxygen atoms in total. The van der Waals surface area contributed by atoms with Crippen molar-refractivity contribution in [3.63, 3.8) is 0 Å². The molecule has 0 amide bonds.